The summed E-state index contributed by atoms with van der Waals surface area (Å²) in [7, 11) is 0. The summed E-state index contributed by atoms with van der Waals surface area (Å²) in [5.74, 6) is -0.899. The van der Waals surface area contributed by atoms with Crippen LogP contribution in [0.2, 0.25) is 0 Å². The summed E-state index contributed by atoms with van der Waals surface area (Å²) in [4.78, 5) is 26.2. The Hall–Kier alpha value is -4.19. The van der Waals surface area contributed by atoms with Crippen molar-refractivity contribution in [2.45, 2.75) is 0 Å². The van der Waals surface area contributed by atoms with Crippen LogP contribution in [0.15, 0.2) is 72.8 Å². The van der Waals surface area contributed by atoms with Gasteiger partial charge >= 0.3 is 5.97 Å². The standard InChI is InChI=1S/C20H14N4.C7H5O2.Fe/c1-2-14-10-16-5-6-18(23-16)12-20-8-7-19(24-20)11-17-4-3-15(22-17)9-13(1)21-14;8-7(9)6-4-2-1-3-5-6;/h1-12,21-22H;2-5H,(H,8,9);/q;-1;. The number of aromatic carboxylic acids is 1. The number of carboxylic acids is 1. The van der Waals surface area contributed by atoms with Crippen molar-refractivity contribution in [2.75, 3.05) is 0 Å². The van der Waals surface area contributed by atoms with Crippen LogP contribution in [0, 0.1) is 6.07 Å². The molecule has 8 bridgehead atoms. The summed E-state index contributed by atoms with van der Waals surface area (Å²) >= 11 is 0. The number of fused-ring (bicyclic) bond motifs is 8. The first-order chi connectivity index (χ1) is 16.1. The average Bonchev–Trinajstić information content (AvgIpc) is 3.61. The van der Waals surface area contributed by atoms with Gasteiger partial charge in [-0.2, -0.15) is 30.3 Å². The van der Waals surface area contributed by atoms with Gasteiger partial charge in [0, 0.05) is 39.1 Å². The van der Waals surface area contributed by atoms with E-state index in [9.17, 15) is 4.79 Å². The quantitative estimate of drug-likeness (QED) is 0.201. The minimum atomic E-state index is -0.899. The second-order valence-electron chi connectivity index (χ2n) is 7.50. The van der Waals surface area contributed by atoms with Crippen molar-refractivity contribution in [1.29, 1.82) is 0 Å². The minimum absolute atomic E-state index is 0. The Morgan fingerprint density at radius 1 is 0.647 bits per heavy atom. The zero-order chi connectivity index (χ0) is 22.6. The summed E-state index contributed by atoms with van der Waals surface area (Å²) < 4.78 is 0. The molecule has 168 valence electrons. The molecule has 5 heterocycles. The summed E-state index contributed by atoms with van der Waals surface area (Å²) in [6.07, 6.45) is 8.05. The summed E-state index contributed by atoms with van der Waals surface area (Å²) in [5, 5.41) is 8.37. The van der Waals surface area contributed by atoms with Crippen molar-refractivity contribution in [3.63, 3.8) is 0 Å². The van der Waals surface area contributed by atoms with E-state index in [1.54, 1.807) is 12.1 Å². The van der Waals surface area contributed by atoms with Crippen molar-refractivity contribution in [3.05, 3.63) is 107 Å². The van der Waals surface area contributed by atoms with Crippen LogP contribution in [0.5, 0.6) is 0 Å². The molecular weight excluding hydrogens is 468 g/mol. The number of hydrogen-bond acceptors (Lipinski definition) is 3. The molecule has 3 N–H and O–H groups in total. The maximum Gasteiger partial charge on any atom is 0.311 e. The number of benzene rings is 1. The van der Waals surface area contributed by atoms with Gasteiger partial charge in [-0.3, -0.25) is 0 Å². The van der Waals surface area contributed by atoms with E-state index in [2.05, 4.69) is 56.3 Å². The van der Waals surface area contributed by atoms with E-state index >= 15 is 0 Å². The zero-order valence-electron chi connectivity index (χ0n) is 17.8. The van der Waals surface area contributed by atoms with Gasteiger partial charge in [-0.15, -0.1) is 0 Å². The Morgan fingerprint density at radius 2 is 1.06 bits per heavy atom. The van der Waals surface area contributed by atoms with E-state index < -0.39 is 5.97 Å². The molecule has 2 aliphatic rings. The van der Waals surface area contributed by atoms with Crippen LogP contribution in [-0.4, -0.2) is 31.0 Å². The Kier molecular flexibility index (Phi) is 6.87. The number of aromatic nitrogens is 4. The van der Waals surface area contributed by atoms with E-state index in [1.807, 2.05) is 42.5 Å². The number of rotatable bonds is 1. The summed E-state index contributed by atoms with van der Waals surface area (Å²) in [6, 6.07) is 25.3. The maximum absolute atomic E-state index is 10.2. The largest absolute Gasteiger partial charge is 0.479 e. The predicted octanol–water partition coefficient (Wildman–Crippen LogP) is 5.84. The zero-order valence-corrected chi connectivity index (χ0v) is 18.9. The topological polar surface area (TPSA) is 94.7 Å². The molecule has 6 nitrogen and oxygen atoms in total. The SMILES string of the molecule is C1=Cc2cc3ccc(cc4ccc(cc5nc(cc1n2)C=C5)[nH]4)[nH]3.O=C(O)c1cc[c-]cc1.[Fe]. The fourth-order valence-electron chi connectivity index (χ4n) is 3.47. The summed E-state index contributed by atoms with van der Waals surface area (Å²) in [5.41, 5.74) is 8.16. The molecule has 3 aromatic heterocycles. The number of hydrogen-bond donors (Lipinski definition) is 3. The number of carbonyl (C=O) groups is 1. The second-order valence-corrected chi connectivity index (χ2v) is 7.50. The van der Waals surface area contributed by atoms with Crippen LogP contribution in [0.3, 0.4) is 0 Å². The van der Waals surface area contributed by atoms with Gasteiger partial charge in [0.1, 0.15) is 0 Å². The van der Waals surface area contributed by atoms with Gasteiger partial charge in [0.2, 0.25) is 0 Å². The Balaban J connectivity index is 0.000000234. The van der Waals surface area contributed by atoms with Crippen LogP contribution >= 0.6 is 0 Å². The molecule has 0 amide bonds. The molecule has 0 fully saturated rings. The second kappa shape index (κ2) is 10.2. The molecule has 0 atom stereocenters. The monoisotopic (exact) mass is 487 g/mol. The van der Waals surface area contributed by atoms with Gasteiger partial charge in [0.25, 0.3) is 0 Å². The molecule has 0 radical (unpaired) electrons. The van der Waals surface area contributed by atoms with Crippen LogP contribution < -0.4 is 0 Å². The number of nitrogens with one attached hydrogen (secondary N) is 2. The van der Waals surface area contributed by atoms with Crippen LogP contribution in [0.4, 0.5) is 0 Å². The average molecular weight is 487 g/mol. The van der Waals surface area contributed by atoms with Gasteiger partial charge < -0.3 is 15.1 Å². The van der Waals surface area contributed by atoms with Crippen molar-refractivity contribution >= 4 is 52.3 Å². The van der Waals surface area contributed by atoms with Crippen molar-refractivity contribution in [1.82, 2.24) is 19.9 Å². The van der Waals surface area contributed by atoms with E-state index in [-0.39, 0.29) is 17.1 Å². The van der Waals surface area contributed by atoms with Crippen molar-refractivity contribution in [3.8, 4) is 0 Å². The molecular formula is C27H19FeN4O2-. The van der Waals surface area contributed by atoms with E-state index in [0.29, 0.717) is 5.56 Å². The molecule has 0 spiro atoms. The first-order valence-corrected chi connectivity index (χ1v) is 10.3. The number of aromatic amines is 2. The van der Waals surface area contributed by atoms with Crippen molar-refractivity contribution < 1.29 is 27.0 Å². The number of carboxylic acid groups (broad SMARTS) is 1. The minimum Gasteiger partial charge on any atom is -0.479 e. The van der Waals surface area contributed by atoms with E-state index in [1.165, 1.54) is 12.1 Å². The smallest absolute Gasteiger partial charge is 0.311 e. The van der Waals surface area contributed by atoms with Gasteiger partial charge in [0.05, 0.1) is 22.8 Å². The van der Waals surface area contributed by atoms with Gasteiger partial charge in [0.15, 0.2) is 0 Å². The van der Waals surface area contributed by atoms with E-state index in [4.69, 9.17) is 5.11 Å². The third-order valence-electron chi connectivity index (χ3n) is 5.01. The molecule has 4 aromatic rings. The van der Waals surface area contributed by atoms with Gasteiger partial charge in [-0.25, -0.2) is 14.8 Å². The molecule has 0 saturated heterocycles. The fourth-order valence-corrected chi connectivity index (χ4v) is 3.47. The molecule has 7 heteroatoms. The van der Waals surface area contributed by atoms with Crippen molar-refractivity contribution in [2.24, 2.45) is 0 Å². The van der Waals surface area contributed by atoms with Crippen LogP contribution in [0.25, 0.3) is 46.4 Å². The first-order valence-electron chi connectivity index (χ1n) is 10.3. The van der Waals surface area contributed by atoms with Crippen LogP contribution in [-0.2, 0) is 17.1 Å². The first kappa shape index (κ1) is 23.0. The third kappa shape index (κ3) is 5.59. The normalized spacial score (nSPS) is 11.3. The van der Waals surface area contributed by atoms with Gasteiger partial charge in [-0.1, -0.05) is 0 Å². The molecule has 0 unspecified atom stereocenters. The predicted molar refractivity (Wildman–Crippen MR) is 131 cm³/mol. The Bertz CT molecular complexity index is 1460. The maximum atomic E-state index is 10.2. The summed E-state index contributed by atoms with van der Waals surface area (Å²) in [6.45, 7) is 0. The van der Waals surface area contributed by atoms with E-state index in [0.717, 1.165) is 44.8 Å². The van der Waals surface area contributed by atoms with Crippen LogP contribution in [0.1, 0.15) is 33.1 Å². The number of nitrogens with zero attached hydrogens (tertiary/aromatic N) is 2. The molecule has 1 aromatic carbocycles. The number of H-pyrrole nitrogens is 2. The molecule has 2 aliphatic heterocycles. The third-order valence-corrected chi connectivity index (χ3v) is 5.01. The fraction of sp³-hybridized carbons (Fsp3) is 0. The molecule has 0 aliphatic carbocycles. The van der Waals surface area contributed by atoms with Gasteiger partial charge in [-0.05, 0) is 78.4 Å². The Labute approximate surface area is 206 Å². The molecule has 0 saturated carbocycles. The molecule has 34 heavy (non-hydrogen) atoms. The molecule has 6 rings (SSSR count). The Morgan fingerprint density at radius 3 is 1.47 bits per heavy atom.